The molecule has 0 amide bonds. The highest BCUT2D eigenvalue weighted by molar-refractivity contribution is 8.03. The van der Waals surface area contributed by atoms with Gasteiger partial charge in [-0.3, -0.25) is 4.55 Å². The lowest BCUT2D eigenvalue weighted by Gasteiger charge is -2.17. The maximum atomic E-state index is 11.2. The summed E-state index contributed by atoms with van der Waals surface area (Å²) in [4.78, 5) is 3.44. The molecule has 1 N–H and O–H groups in total. The summed E-state index contributed by atoms with van der Waals surface area (Å²) in [6.07, 6.45) is 2.52. The Morgan fingerprint density at radius 3 is 2.77 bits per heavy atom. The van der Waals surface area contributed by atoms with Crippen LogP contribution in [-0.2, 0) is 16.7 Å². The van der Waals surface area contributed by atoms with Crippen molar-refractivity contribution in [1.82, 2.24) is 0 Å². The number of para-hydroxylation sites is 1. The molecule has 0 spiro atoms. The Morgan fingerprint density at radius 2 is 2.03 bits per heavy atom. The molecule has 30 heavy (non-hydrogen) atoms. The first-order chi connectivity index (χ1) is 14.4. The Labute approximate surface area is 184 Å². The zero-order valence-electron chi connectivity index (χ0n) is 16.7. The van der Waals surface area contributed by atoms with Crippen molar-refractivity contribution in [2.45, 2.75) is 24.8 Å². The van der Waals surface area contributed by atoms with E-state index in [4.69, 9.17) is 9.29 Å². The summed E-state index contributed by atoms with van der Waals surface area (Å²) >= 11 is 3.40. The van der Waals surface area contributed by atoms with E-state index >= 15 is 0 Å². The third-order valence-electron chi connectivity index (χ3n) is 4.92. The lowest BCUT2D eigenvalue weighted by Crippen LogP contribution is -2.36. The van der Waals surface area contributed by atoms with Gasteiger partial charge < -0.3 is 9.64 Å². The standard InChI is InChI=1S/C21H22N2O4S3/c1-3-22-17-13-15(27-2)9-10-19(17)29-20(22)14-21-23(11-6-12-30(24,25)26)16-7-4-5-8-18(16)28-21/h4-5,7-10,13-14H,3,6,11-12H2,1-2H3/p+1. The molecule has 4 rings (SSSR count). The molecule has 0 unspecified atom stereocenters. The van der Waals surface area contributed by atoms with Crippen molar-refractivity contribution < 1.29 is 22.3 Å². The third-order valence-corrected chi connectivity index (χ3v) is 7.95. The van der Waals surface area contributed by atoms with Crippen LogP contribution < -0.4 is 14.2 Å². The highest BCUT2D eigenvalue weighted by Gasteiger charge is 2.27. The molecule has 0 saturated carbocycles. The van der Waals surface area contributed by atoms with Gasteiger partial charge in [-0.25, -0.2) is 0 Å². The molecule has 6 nitrogen and oxygen atoms in total. The van der Waals surface area contributed by atoms with E-state index in [1.54, 1.807) is 30.2 Å². The molecule has 0 atom stereocenters. The van der Waals surface area contributed by atoms with Crippen molar-refractivity contribution >= 4 is 55.2 Å². The van der Waals surface area contributed by atoms with Crippen molar-refractivity contribution in [1.29, 1.82) is 0 Å². The quantitative estimate of drug-likeness (QED) is 0.414. The van der Waals surface area contributed by atoms with Crippen LogP contribution in [0.2, 0.25) is 0 Å². The van der Waals surface area contributed by atoms with E-state index in [0.29, 0.717) is 13.0 Å². The second-order valence-electron chi connectivity index (χ2n) is 6.86. The van der Waals surface area contributed by atoms with Gasteiger partial charge in [0.15, 0.2) is 6.54 Å². The summed E-state index contributed by atoms with van der Waals surface area (Å²) < 4.78 is 40.1. The van der Waals surface area contributed by atoms with E-state index in [9.17, 15) is 8.42 Å². The van der Waals surface area contributed by atoms with Gasteiger partial charge in [-0.15, -0.1) is 0 Å². The van der Waals surface area contributed by atoms with Crippen LogP contribution in [0.15, 0.2) is 52.4 Å². The average Bonchev–Trinajstić information content (AvgIpc) is 3.24. The first kappa shape index (κ1) is 21.2. The zero-order chi connectivity index (χ0) is 21.3. The maximum Gasteiger partial charge on any atom is 0.265 e. The van der Waals surface area contributed by atoms with Gasteiger partial charge in [0.05, 0.1) is 29.7 Å². The van der Waals surface area contributed by atoms with Crippen molar-refractivity contribution in [3.05, 3.63) is 52.5 Å². The molecule has 0 fully saturated rings. The van der Waals surface area contributed by atoms with Gasteiger partial charge in [-0.05, 0) is 25.1 Å². The van der Waals surface area contributed by atoms with Crippen LogP contribution in [-0.4, -0.2) is 32.4 Å². The molecule has 0 radical (unpaired) electrons. The van der Waals surface area contributed by atoms with Gasteiger partial charge in [0.1, 0.15) is 10.4 Å². The Morgan fingerprint density at radius 1 is 1.23 bits per heavy atom. The maximum absolute atomic E-state index is 11.2. The van der Waals surface area contributed by atoms with Crippen LogP contribution in [0.5, 0.6) is 5.75 Å². The number of hydrogen-bond donors (Lipinski definition) is 1. The molecule has 1 aromatic heterocycles. The number of nitrogens with zero attached hydrogens (tertiary/aromatic N) is 2. The molecule has 3 aromatic rings. The predicted octanol–water partition coefficient (Wildman–Crippen LogP) is 4.41. The molecule has 1 aliphatic rings. The molecule has 0 bridgehead atoms. The molecule has 158 valence electrons. The van der Waals surface area contributed by atoms with Gasteiger partial charge in [0.25, 0.3) is 15.1 Å². The number of thiazole rings is 1. The summed E-state index contributed by atoms with van der Waals surface area (Å²) in [6, 6.07) is 14.2. The van der Waals surface area contributed by atoms with Crippen molar-refractivity contribution in [2.75, 3.05) is 24.3 Å². The first-order valence-corrected chi connectivity index (χ1v) is 12.9. The highest BCUT2D eigenvalue weighted by Crippen LogP contribution is 2.48. The molecule has 2 aromatic carbocycles. The van der Waals surface area contributed by atoms with Gasteiger partial charge in [0.2, 0.25) is 5.52 Å². The average molecular weight is 464 g/mol. The number of fused-ring (bicyclic) bond motifs is 2. The fourth-order valence-corrected chi connectivity index (χ4v) is 6.38. The van der Waals surface area contributed by atoms with Crippen LogP contribution in [0.25, 0.3) is 16.3 Å². The fourth-order valence-electron chi connectivity index (χ4n) is 3.54. The molecular formula is C21H23N2O4S3+. The Bertz CT molecular complexity index is 1220. The monoisotopic (exact) mass is 463 g/mol. The number of benzene rings is 2. The number of thioether (sulfide) groups is 1. The van der Waals surface area contributed by atoms with Crippen LogP contribution in [0.4, 0.5) is 5.69 Å². The number of methoxy groups -OCH3 is 1. The van der Waals surface area contributed by atoms with Gasteiger partial charge in [0, 0.05) is 30.0 Å². The SMILES string of the molecule is CCN1C(=Cc2sc3ccccc3[n+]2CCCS(=O)(=O)O)Sc2ccc(OC)cc21. The van der Waals surface area contributed by atoms with Crippen molar-refractivity contribution in [3.8, 4) is 5.75 Å². The Balaban J connectivity index is 1.72. The summed E-state index contributed by atoms with van der Waals surface area (Å²) in [7, 11) is -2.30. The smallest absolute Gasteiger partial charge is 0.265 e. The molecular weight excluding hydrogens is 440 g/mol. The van der Waals surface area contributed by atoms with Crippen LogP contribution in [0.3, 0.4) is 0 Å². The van der Waals surface area contributed by atoms with E-state index in [1.165, 1.54) is 4.90 Å². The lowest BCUT2D eigenvalue weighted by atomic mass is 10.2. The third kappa shape index (κ3) is 4.34. The largest absolute Gasteiger partial charge is 0.497 e. The van der Waals surface area contributed by atoms with Gasteiger partial charge in [-0.2, -0.15) is 13.0 Å². The minimum Gasteiger partial charge on any atom is -0.497 e. The van der Waals surface area contributed by atoms with Crippen molar-refractivity contribution in [2.24, 2.45) is 0 Å². The second kappa shape index (κ2) is 8.58. The fraction of sp³-hybridized carbons (Fsp3) is 0.286. The molecule has 2 heterocycles. The normalized spacial score (nSPS) is 15.2. The summed E-state index contributed by atoms with van der Waals surface area (Å²) in [5.74, 6) is 0.581. The van der Waals surface area contributed by atoms with E-state index in [-0.39, 0.29) is 5.75 Å². The van der Waals surface area contributed by atoms with Gasteiger partial charge >= 0.3 is 0 Å². The van der Waals surface area contributed by atoms with Gasteiger partial charge in [-0.1, -0.05) is 35.2 Å². The number of rotatable bonds is 7. The number of ether oxygens (including phenoxy) is 1. The number of hydrogen-bond acceptors (Lipinski definition) is 6. The van der Waals surface area contributed by atoms with Crippen molar-refractivity contribution in [3.63, 3.8) is 0 Å². The Hall–Kier alpha value is -2.07. The topological polar surface area (TPSA) is 70.7 Å². The number of anilines is 1. The lowest BCUT2D eigenvalue weighted by molar-refractivity contribution is -0.668. The van der Waals surface area contributed by atoms with E-state index in [2.05, 4.69) is 40.7 Å². The predicted molar refractivity (Wildman–Crippen MR) is 123 cm³/mol. The second-order valence-corrected chi connectivity index (χ2v) is 10.6. The summed E-state index contributed by atoms with van der Waals surface area (Å²) in [6.45, 7) is 3.46. The molecule has 0 aliphatic carbocycles. The summed E-state index contributed by atoms with van der Waals surface area (Å²) in [5.41, 5.74) is 2.20. The highest BCUT2D eigenvalue weighted by atomic mass is 32.2. The van der Waals surface area contributed by atoms with E-state index < -0.39 is 10.1 Å². The minimum absolute atomic E-state index is 0.249. The molecule has 1 aliphatic heterocycles. The minimum atomic E-state index is -3.97. The number of aromatic nitrogens is 1. The van der Waals surface area contributed by atoms with Crippen LogP contribution in [0, 0.1) is 0 Å². The summed E-state index contributed by atoms with van der Waals surface area (Å²) in [5, 5.41) is 2.17. The van der Waals surface area contributed by atoms with Crippen LogP contribution in [0.1, 0.15) is 18.4 Å². The number of aryl methyl sites for hydroxylation is 1. The first-order valence-electron chi connectivity index (χ1n) is 9.61. The zero-order valence-corrected chi connectivity index (χ0v) is 19.2. The molecule has 0 saturated heterocycles. The Kier molecular flexibility index (Phi) is 6.06. The van der Waals surface area contributed by atoms with E-state index in [0.717, 1.165) is 38.2 Å². The molecule has 9 heteroatoms. The van der Waals surface area contributed by atoms with E-state index in [1.807, 2.05) is 24.3 Å². The van der Waals surface area contributed by atoms with Crippen LogP contribution >= 0.6 is 23.1 Å².